The topological polar surface area (TPSA) is 58.6 Å². The molecule has 1 fully saturated rings. The lowest BCUT2D eigenvalue weighted by Crippen LogP contribution is -2.29. The van der Waals surface area contributed by atoms with Crippen molar-refractivity contribution in [2.24, 2.45) is 0 Å². The number of rotatable bonds is 10. The fraction of sp³-hybridized carbons (Fsp3) is 0.207. The molecule has 1 saturated heterocycles. The Balaban J connectivity index is 1.24. The molecule has 2 amide bonds. The normalized spacial score (nSPS) is 14.4. The van der Waals surface area contributed by atoms with Crippen LogP contribution < -0.4 is 10.1 Å². The number of nitrogens with one attached hydrogen (secondary N) is 1. The highest BCUT2D eigenvalue weighted by Crippen LogP contribution is 2.33. The summed E-state index contributed by atoms with van der Waals surface area (Å²) in [5.41, 5.74) is 2.81. The van der Waals surface area contributed by atoms with Gasteiger partial charge in [0.25, 0.3) is 5.91 Å². The molecular formula is C29H28N2O3S2. The third-order valence-electron chi connectivity index (χ3n) is 5.60. The molecule has 1 aliphatic heterocycles. The number of carbonyl (C=O) groups is 2. The second-order valence-electron chi connectivity index (χ2n) is 8.55. The van der Waals surface area contributed by atoms with Crippen LogP contribution in [0.5, 0.6) is 11.5 Å². The smallest absolute Gasteiger partial charge is 0.266 e. The third-order valence-corrected chi connectivity index (χ3v) is 6.97. The summed E-state index contributed by atoms with van der Waals surface area (Å²) < 4.78 is 6.47. The molecule has 3 aromatic carbocycles. The maximum atomic E-state index is 13.0. The minimum absolute atomic E-state index is 0.00705. The lowest BCUT2D eigenvalue weighted by atomic mass is 10.1. The maximum absolute atomic E-state index is 13.0. The summed E-state index contributed by atoms with van der Waals surface area (Å²) in [4.78, 5) is 27.4. The van der Waals surface area contributed by atoms with Crippen LogP contribution in [0.25, 0.3) is 6.08 Å². The second kappa shape index (κ2) is 12.5. The average molecular weight is 517 g/mol. The van der Waals surface area contributed by atoms with Crippen molar-refractivity contribution in [2.75, 3.05) is 11.9 Å². The van der Waals surface area contributed by atoms with Gasteiger partial charge in [0, 0.05) is 18.7 Å². The molecule has 0 unspecified atom stereocenters. The van der Waals surface area contributed by atoms with Gasteiger partial charge in [-0.1, -0.05) is 72.9 Å². The molecule has 0 bridgehead atoms. The number of nitrogens with zero attached hydrogens (tertiary/aromatic N) is 1. The SMILES string of the molecule is Cc1cccc(NC(=O)CCCCCN2C(=O)/C(=C/c3cccc(Oc4ccccc4)c3)SC2=S)c1. The van der Waals surface area contributed by atoms with Crippen molar-refractivity contribution >= 4 is 51.9 Å². The molecule has 0 aromatic heterocycles. The van der Waals surface area contributed by atoms with E-state index in [4.69, 9.17) is 17.0 Å². The summed E-state index contributed by atoms with van der Waals surface area (Å²) in [7, 11) is 0. The number of thiocarbonyl (C=S) groups is 1. The Kier molecular flexibility index (Phi) is 8.92. The van der Waals surface area contributed by atoms with E-state index in [9.17, 15) is 9.59 Å². The first kappa shape index (κ1) is 25.7. The van der Waals surface area contributed by atoms with E-state index in [2.05, 4.69) is 5.32 Å². The number of aryl methyl sites for hydroxylation is 1. The summed E-state index contributed by atoms with van der Waals surface area (Å²) in [6.45, 7) is 2.55. The van der Waals surface area contributed by atoms with Crippen molar-refractivity contribution in [3.05, 3.63) is 94.9 Å². The minimum atomic E-state index is -0.0726. The summed E-state index contributed by atoms with van der Waals surface area (Å²) in [6.07, 6.45) is 4.70. The Labute approximate surface area is 221 Å². The molecule has 0 atom stereocenters. The standard InChI is InChI=1S/C29H28N2O3S2/c1-21-10-8-12-23(18-21)30-27(32)16-6-3-7-17-31-28(33)26(36-29(31)35)20-22-11-9-15-25(19-22)34-24-13-4-2-5-14-24/h2,4-5,8-15,18-20H,3,6-7,16-17H2,1H3,(H,30,32)/b26-20-. The Morgan fingerprint density at radius 1 is 0.972 bits per heavy atom. The molecule has 5 nitrogen and oxygen atoms in total. The van der Waals surface area contributed by atoms with E-state index < -0.39 is 0 Å². The molecule has 1 N–H and O–H groups in total. The third kappa shape index (κ3) is 7.29. The van der Waals surface area contributed by atoms with Crippen LogP contribution in [0.15, 0.2) is 83.8 Å². The predicted octanol–water partition coefficient (Wildman–Crippen LogP) is 7.19. The quantitative estimate of drug-likeness (QED) is 0.176. The number of carbonyl (C=O) groups excluding carboxylic acids is 2. The number of unbranched alkanes of at least 4 members (excludes halogenated alkanes) is 2. The molecule has 36 heavy (non-hydrogen) atoms. The minimum Gasteiger partial charge on any atom is -0.457 e. The molecule has 3 aromatic rings. The largest absolute Gasteiger partial charge is 0.457 e. The van der Waals surface area contributed by atoms with Crippen LogP contribution in [0.2, 0.25) is 0 Å². The van der Waals surface area contributed by atoms with E-state index in [0.29, 0.717) is 27.9 Å². The van der Waals surface area contributed by atoms with E-state index >= 15 is 0 Å². The highest BCUT2D eigenvalue weighted by Gasteiger charge is 2.31. The zero-order valence-corrected chi connectivity index (χ0v) is 21.7. The van der Waals surface area contributed by atoms with Gasteiger partial charge in [-0.3, -0.25) is 14.5 Å². The van der Waals surface area contributed by atoms with Gasteiger partial charge in [-0.2, -0.15) is 0 Å². The molecule has 0 aliphatic carbocycles. The molecule has 1 aliphatic rings. The van der Waals surface area contributed by atoms with Crippen LogP contribution in [-0.4, -0.2) is 27.6 Å². The van der Waals surface area contributed by atoms with Crippen LogP contribution in [-0.2, 0) is 9.59 Å². The molecule has 0 radical (unpaired) electrons. The van der Waals surface area contributed by atoms with Gasteiger partial charge in [0.05, 0.1) is 4.91 Å². The fourth-order valence-electron chi connectivity index (χ4n) is 3.82. The number of hydrogen-bond acceptors (Lipinski definition) is 5. The first-order valence-corrected chi connectivity index (χ1v) is 13.2. The lowest BCUT2D eigenvalue weighted by Gasteiger charge is -2.14. The Morgan fingerprint density at radius 3 is 2.56 bits per heavy atom. The number of anilines is 1. The molecule has 7 heteroatoms. The Bertz CT molecular complexity index is 1270. The van der Waals surface area contributed by atoms with Crippen LogP contribution in [0.1, 0.15) is 36.8 Å². The second-order valence-corrected chi connectivity index (χ2v) is 10.2. The van der Waals surface area contributed by atoms with Gasteiger partial charge in [0.15, 0.2) is 0 Å². The van der Waals surface area contributed by atoms with Crippen LogP contribution >= 0.6 is 24.0 Å². The number of benzene rings is 3. The monoisotopic (exact) mass is 516 g/mol. The van der Waals surface area contributed by atoms with Crippen LogP contribution in [0, 0.1) is 6.92 Å². The number of hydrogen-bond donors (Lipinski definition) is 1. The van der Waals surface area contributed by atoms with Gasteiger partial charge in [-0.15, -0.1) is 0 Å². The summed E-state index contributed by atoms with van der Waals surface area (Å²) in [5.74, 6) is 1.40. The van der Waals surface area contributed by atoms with Crippen molar-refractivity contribution in [2.45, 2.75) is 32.6 Å². The summed E-state index contributed by atoms with van der Waals surface area (Å²) in [6, 6.07) is 25.0. The number of ether oxygens (including phenoxy) is 1. The maximum Gasteiger partial charge on any atom is 0.266 e. The van der Waals surface area contributed by atoms with Gasteiger partial charge >= 0.3 is 0 Å². The lowest BCUT2D eigenvalue weighted by molar-refractivity contribution is -0.122. The number of para-hydroxylation sites is 1. The Hall–Kier alpha value is -3.42. The van der Waals surface area contributed by atoms with Gasteiger partial charge in [-0.05, 0) is 73.4 Å². The molecule has 184 valence electrons. The molecule has 1 heterocycles. The first-order chi connectivity index (χ1) is 17.5. The molecular weight excluding hydrogens is 488 g/mol. The van der Waals surface area contributed by atoms with Crippen molar-refractivity contribution in [1.29, 1.82) is 0 Å². The Morgan fingerprint density at radius 2 is 1.75 bits per heavy atom. The molecule has 4 rings (SSSR count). The van der Waals surface area contributed by atoms with E-state index in [0.717, 1.165) is 41.8 Å². The van der Waals surface area contributed by atoms with Crippen LogP contribution in [0.4, 0.5) is 5.69 Å². The average Bonchev–Trinajstić information content (AvgIpc) is 3.12. The molecule has 0 saturated carbocycles. The van der Waals surface area contributed by atoms with Crippen molar-refractivity contribution < 1.29 is 14.3 Å². The van der Waals surface area contributed by atoms with E-state index in [1.165, 1.54) is 11.8 Å². The van der Waals surface area contributed by atoms with E-state index in [1.54, 1.807) is 4.90 Å². The first-order valence-electron chi connectivity index (χ1n) is 11.9. The van der Waals surface area contributed by atoms with Gasteiger partial charge in [0.2, 0.25) is 5.91 Å². The summed E-state index contributed by atoms with van der Waals surface area (Å²) in [5, 5.41) is 2.93. The fourth-order valence-corrected chi connectivity index (χ4v) is 5.12. The highest BCUT2D eigenvalue weighted by atomic mass is 32.2. The van der Waals surface area contributed by atoms with Gasteiger partial charge < -0.3 is 10.1 Å². The molecule has 0 spiro atoms. The van der Waals surface area contributed by atoms with Crippen LogP contribution in [0.3, 0.4) is 0 Å². The van der Waals surface area contributed by atoms with Crippen molar-refractivity contribution in [3.8, 4) is 11.5 Å². The van der Waals surface area contributed by atoms with Gasteiger partial charge in [0.1, 0.15) is 15.8 Å². The highest BCUT2D eigenvalue weighted by molar-refractivity contribution is 8.26. The van der Waals surface area contributed by atoms with Crippen molar-refractivity contribution in [3.63, 3.8) is 0 Å². The number of amides is 2. The number of thioether (sulfide) groups is 1. The van der Waals surface area contributed by atoms with E-state index in [1.807, 2.05) is 91.9 Å². The zero-order chi connectivity index (χ0) is 25.3. The van der Waals surface area contributed by atoms with Crippen molar-refractivity contribution in [1.82, 2.24) is 4.90 Å². The predicted molar refractivity (Wildman–Crippen MR) is 151 cm³/mol. The van der Waals surface area contributed by atoms with E-state index in [-0.39, 0.29) is 11.8 Å². The summed E-state index contributed by atoms with van der Waals surface area (Å²) >= 11 is 6.79. The zero-order valence-electron chi connectivity index (χ0n) is 20.1. The van der Waals surface area contributed by atoms with Gasteiger partial charge in [-0.25, -0.2) is 0 Å².